The smallest absolute Gasteiger partial charge is 0.322 e. The average molecular weight is 461 g/mol. The van der Waals surface area contributed by atoms with Gasteiger partial charge in [0.1, 0.15) is 10.7 Å². The fourth-order valence-electron chi connectivity index (χ4n) is 3.70. The number of nitrogens with zero attached hydrogens (tertiary/aromatic N) is 4. The number of hydrogen-bond acceptors (Lipinski definition) is 5. The Morgan fingerprint density at radius 1 is 1.00 bits per heavy atom. The third-order valence-electron chi connectivity index (χ3n) is 5.49. The predicted octanol–water partition coefficient (Wildman–Crippen LogP) is 2.75. The van der Waals surface area contributed by atoms with Gasteiger partial charge < -0.3 is 4.57 Å². The van der Waals surface area contributed by atoms with Crippen LogP contribution in [0.1, 0.15) is 49.2 Å². The Morgan fingerprint density at radius 2 is 1.59 bits per heavy atom. The molecule has 1 N–H and O–H groups in total. The molecular weight excluding hydrogens is 432 g/mol. The van der Waals surface area contributed by atoms with Crippen LogP contribution in [-0.2, 0) is 30.3 Å². The van der Waals surface area contributed by atoms with Crippen molar-refractivity contribution in [2.75, 3.05) is 0 Å². The molecule has 0 radical (unpaired) electrons. The number of imidazole rings is 1. The Balaban J connectivity index is 2.26. The summed E-state index contributed by atoms with van der Waals surface area (Å²) in [5, 5.41) is 0. The van der Waals surface area contributed by atoms with Crippen molar-refractivity contribution < 1.29 is 13.0 Å². The molecule has 10 heteroatoms. The molecule has 3 rings (SSSR count). The van der Waals surface area contributed by atoms with Gasteiger partial charge in [-0.1, -0.05) is 19.9 Å². The van der Waals surface area contributed by atoms with Gasteiger partial charge in [0.25, 0.3) is 15.7 Å². The van der Waals surface area contributed by atoms with E-state index in [-0.39, 0.29) is 10.6 Å². The standard InChI is InChI=1S/C22H28N4O5S/c1-6-10-25-20-19(21(27)26(11-7-2)22(25)28)24(5)18(23-20)9-8-16-12-14(3)15(4)13-17(16)32(29,30)31/h8-9,12-13H,6-7,10-11H2,1-5H3,(H,29,30,31)/b9-8+. The lowest BCUT2D eigenvalue weighted by Gasteiger charge is -2.10. The van der Waals surface area contributed by atoms with E-state index in [0.717, 1.165) is 11.1 Å². The summed E-state index contributed by atoms with van der Waals surface area (Å²) in [7, 11) is -2.75. The first-order valence-electron chi connectivity index (χ1n) is 10.5. The molecule has 0 saturated carbocycles. The molecule has 0 aliphatic heterocycles. The van der Waals surface area contributed by atoms with Crippen LogP contribution in [0.3, 0.4) is 0 Å². The van der Waals surface area contributed by atoms with E-state index in [9.17, 15) is 22.6 Å². The number of rotatable bonds is 7. The molecule has 2 heterocycles. The minimum Gasteiger partial charge on any atom is -0.322 e. The van der Waals surface area contributed by atoms with Crippen molar-refractivity contribution in [2.24, 2.45) is 7.05 Å². The van der Waals surface area contributed by atoms with Crippen molar-refractivity contribution >= 4 is 33.4 Å². The maximum Gasteiger partial charge on any atom is 0.332 e. The summed E-state index contributed by atoms with van der Waals surface area (Å²) < 4.78 is 37.7. The minimum atomic E-state index is -4.43. The lowest BCUT2D eigenvalue weighted by Crippen LogP contribution is -2.40. The Hall–Kier alpha value is -2.98. The SMILES string of the molecule is CCCn1c(=O)c2c(nc(/C=C/c3cc(C)c(C)cc3S(=O)(=O)O)n2C)n(CCC)c1=O. The van der Waals surface area contributed by atoms with Crippen molar-refractivity contribution in [3.63, 3.8) is 0 Å². The quantitative estimate of drug-likeness (QED) is 0.542. The molecule has 1 aromatic carbocycles. The first-order valence-corrected chi connectivity index (χ1v) is 11.9. The summed E-state index contributed by atoms with van der Waals surface area (Å²) in [5.74, 6) is 0.384. The first kappa shape index (κ1) is 23.7. The molecule has 0 bridgehead atoms. The molecule has 9 nitrogen and oxygen atoms in total. The Labute approximate surface area is 186 Å². The van der Waals surface area contributed by atoms with Gasteiger partial charge in [-0.3, -0.25) is 18.5 Å². The van der Waals surface area contributed by atoms with Crippen molar-refractivity contribution in [1.29, 1.82) is 0 Å². The van der Waals surface area contributed by atoms with E-state index >= 15 is 0 Å². The summed E-state index contributed by atoms with van der Waals surface area (Å²) in [6.07, 6.45) is 4.44. The second-order valence-electron chi connectivity index (χ2n) is 7.87. The highest BCUT2D eigenvalue weighted by atomic mass is 32.2. The first-order chi connectivity index (χ1) is 15.0. The van der Waals surface area contributed by atoms with Crippen LogP contribution in [-0.4, -0.2) is 31.7 Å². The van der Waals surface area contributed by atoms with Gasteiger partial charge in [0, 0.05) is 20.1 Å². The van der Waals surface area contributed by atoms with Crippen LogP contribution in [0.5, 0.6) is 0 Å². The zero-order valence-corrected chi connectivity index (χ0v) is 19.7. The van der Waals surface area contributed by atoms with Crippen LogP contribution in [0, 0.1) is 13.8 Å². The van der Waals surface area contributed by atoms with E-state index in [2.05, 4.69) is 4.98 Å². The van der Waals surface area contributed by atoms with E-state index in [0.29, 0.717) is 48.5 Å². The molecule has 0 aliphatic rings. The van der Waals surface area contributed by atoms with Crippen LogP contribution in [0.2, 0.25) is 0 Å². The summed E-state index contributed by atoms with van der Waals surface area (Å²) in [4.78, 5) is 30.2. The number of hydrogen-bond donors (Lipinski definition) is 1. The fraction of sp³-hybridized carbons (Fsp3) is 0.409. The second kappa shape index (κ2) is 8.87. The fourth-order valence-corrected chi connectivity index (χ4v) is 4.45. The lowest BCUT2D eigenvalue weighted by molar-refractivity contribution is 0.483. The molecule has 3 aromatic rings. The third kappa shape index (κ3) is 4.20. The average Bonchev–Trinajstić information content (AvgIpc) is 3.04. The lowest BCUT2D eigenvalue weighted by atomic mass is 10.1. The van der Waals surface area contributed by atoms with Crippen molar-refractivity contribution in [3.05, 3.63) is 55.5 Å². The van der Waals surface area contributed by atoms with Gasteiger partial charge in [0.2, 0.25) is 0 Å². The van der Waals surface area contributed by atoms with Crippen molar-refractivity contribution in [3.8, 4) is 0 Å². The third-order valence-corrected chi connectivity index (χ3v) is 6.40. The Bertz CT molecular complexity index is 1440. The Kier molecular flexibility index (Phi) is 6.56. The van der Waals surface area contributed by atoms with Crippen LogP contribution >= 0.6 is 0 Å². The Morgan fingerprint density at radius 3 is 2.19 bits per heavy atom. The molecule has 2 aromatic heterocycles. The van der Waals surface area contributed by atoms with Crippen LogP contribution in [0.15, 0.2) is 26.6 Å². The number of benzene rings is 1. The van der Waals surface area contributed by atoms with Gasteiger partial charge in [-0.15, -0.1) is 0 Å². The van der Waals surface area contributed by atoms with E-state index in [1.807, 2.05) is 20.8 Å². The zero-order valence-electron chi connectivity index (χ0n) is 18.9. The zero-order chi connectivity index (χ0) is 23.8. The van der Waals surface area contributed by atoms with Gasteiger partial charge >= 0.3 is 5.69 Å². The van der Waals surface area contributed by atoms with Gasteiger partial charge in [0.05, 0.1) is 0 Å². The highest BCUT2D eigenvalue weighted by Crippen LogP contribution is 2.23. The molecule has 0 fully saturated rings. The monoisotopic (exact) mass is 460 g/mol. The van der Waals surface area contributed by atoms with Crippen LogP contribution in [0.4, 0.5) is 0 Å². The number of aryl methyl sites for hydroxylation is 4. The molecule has 0 spiro atoms. The van der Waals surface area contributed by atoms with E-state index in [4.69, 9.17) is 0 Å². The summed E-state index contributed by atoms with van der Waals surface area (Å²) in [6.45, 7) is 8.17. The molecular formula is C22H28N4O5S. The summed E-state index contributed by atoms with van der Waals surface area (Å²) in [5.41, 5.74) is 1.71. The molecule has 32 heavy (non-hydrogen) atoms. The predicted molar refractivity (Wildman–Crippen MR) is 124 cm³/mol. The molecule has 0 saturated heterocycles. The highest BCUT2D eigenvalue weighted by molar-refractivity contribution is 7.86. The normalized spacial score (nSPS) is 12.3. The number of fused-ring (bicyclic) bond motifs is 1. The summed E-state index contributed by atoms with van der Waals surface area (Å²) in [6, 6.07) is 3.08. The van der Waals surface area contributed by atoms with E-state index in [1.165, 1.54) is 21.3 Å². The van der Waals surface area contributed by atoms with E-state index < -0.39 is 15.7 Å². The maximum atomic E-state index is 13.0. The minimum absolute atomic E-state index is 0.205. The second-order valence-corrected chi connectivity index (χ2v) is 9.26. The maximum absolute atomic E-state index is 13.0. The van der Waals surface area contributed by atoms with Crippen LogP contribution < -0.4 is 11.2 Å². The van der Waals surface area contributed by atoms with Gasteiger partial charge in [-0.05, 0) is 61.6 Å². The molecule has 0 aliphatic carbocycles. The summed E-state index contributed by atoms with van der Waals surface area (Å²) >= 11 is 0. The van der Waals surface area contributed by atoms with E-state index in [1.54, 1.807) is 30.7 Å². The number of aromatic nitrogens is 4. The molecule has 0 amide bonds. The van der Waals surface area contributed by atoms with Crippen molar-refractivity contribution in [2.45, 2.75) is 58.5 Å². The van der Waals surface area contributed by atoms with Crippen molar-refractivity contribution in [1.82, 2.24) is 18.7 Å². The molecule has 0 atom stereocenters. The molecule has 172 valence electrons. The largest absolute Gasteiger partial charge is 0.332 e. The van der Waals surface area contributed by atoms with Gasteiger partial charge in [-0.25, -0.2) is 9.78 Å². The molecule has 0 unspecified atom stereocenters. The van der Waals surface area contributed by atoms with Crippen LogP contribution in [0.25, 0.3) is 23.3 Å². The van der Waals surface area contributed by atoms with Gasteiger partial charge in [0.15, 0.2) is 11.2 Å². The highest BCUT2D eigenvalue weighted by Gasteiger charge is 2.19. The topological polar surface area (TPSA) is 116 Å². The van der Waals surface area contributed by atoms with Gasteiger partial charge in [-0.2, -0.15) is 8.42 Å².